The minimum Gasteiger partial charge on any atom is -0.857 e. The van der Waals surface area contributed by atoms with E-state index in [0.717, 1.165) is 5.56 Å². The Hall–Kier alpha value is -0.970. The Morgan fingerprint density at radius 2 is 2.00 bits per heavy atom. The van der Waals surface area contributed by atoms with E-state index in [1.807, 2.05) is 13.0 Å². The number of rotatable bonds is 1. The molecular weight excluding hydrogens is 215 g/mol. The summed E-state index contributed by atoms with van der Waals surface area (Å²) in [7, 11) is 0. The molecule has 0 spiro atoms. The van der Waals surface area contributed by atoms with E-state index in [4.69, 9.17) is 0 Å². The molecule has 2 rings (SSSR count). The van der Waals surface area contributed by atoms with Crippen LogP contribution >= 0.6 is 0 Å². The van der Waals surface area contributed by atoms with Gasteiger partial charge in [0.05, 0.1) is 11.0 Å². The molecule has 5 heteroatoms. The van der Waals surface area contributed by atoms with E-state index < -0.39 is 5.88 Å². The molecular formula is C11H9N2NaO2. The fourth-order valence-electron chi connectivity index (χ4n) is 1.43. The van der Waals surface area contributed by atoms with Crippen LogP contribution in [0.2, 0.25) is 0 Å². The Bertz CT molecular complexity index is 555. The smallest absolute Gasteiger partial charge is 0.857 e. The van der Waals surface area contributed by atoms with Crippen molar-refractivity contribution in [2.45, 2.75) is 13.8 Å². The Morgan fingerprint density at radius 1 is 1.31 bits per heavy atom. The molecule has 1 heterocycles. The first-order valence-corrected chi connectivity index (χ1v) is 4.55. The number of hydrogen-bond donors (Lipinski definition) is 0. The molecule has 0 aliphatic heterocycles. The van der Waals surface area contributed by atoms with Crippen molar-refractivity contribution in [3.63, 3.8) is 0 Å². The molecule has 0 N–H and O–H groups in total. The number of hydrogen-bond acceptors (Lipinski definition) is 4. The number of aryl methyl sites for hydroxylation is 1. The summed E-state index contributed by atoms with van der Waals surface area (Å²) in [6.45, 7) is 3.18. The molecule has 2 aromatic rings. The Labute approximate surface area is 115 Å². The molecule has 0 aliphatic rings. The molecule has 0 radical (unpaired) electrons. The molecule has 16 heavy (non-hydrogen) atoms. The second-order valence-corrected chi connectivity index (χ2v) is 3.38. The van der Waals surface area contributed by atoms with Gasteiger partial charge in [0.2, 0.25) is 0 Å². The molecule has 0 fully saturated rings. The van der Waals surface area contributed by atoms with E-state index in [2.05, 4.69) is 9.97 Å². The number of ketones is 1. The molecule has 0 saturated heterocycles. The van der Waals surface area contributed by atoms with Crippen molar-refractivity contribution in [1.29, 1.82) is 0 Å². The standard InChI is InChI=1S/C11H10N2O2.Na/c1-6-4-3-5-8-9(6)13-10(7(2)14)11(15)12-8;/h3-5H,1-2H3,(H,12,15);/q;+1/p-1. The first-order chi connectivity index (χ1) is 7.09. The van der Waals surface area contributed by atoms with E-state index in [1.54, 1.807) is 12.1 Å². The second-order valence-electron chi connectivity index (χ2n) is 3.38. The number of nitrogens with zero attached hydrogens (tertiary/aromatic N) is 2. The van der Waals surface area contributed by atoms with Crippen molar-refractivity contribution < 1.29 is 39.5 Å². The summed E-state index contributed by atoms with van der Waals surface area (Å²) < 4.78 is 0. The third-order valence-corrected chi connectivity index (χ3v) is 2.20. The van der Waals surface area contributed by atoms with Crippen LogP contribution in [0.1, 0.15) is 23.0 Å². The van der Waals surface area contributed by atoms with Crippen molar-refractivity contribution in [1.82, 2.24) is 9.97 Å². The van der Waals surface area contributed by atoms with Gasteiger partial charge in [0.25, 0.3) is 0 Å². The zero-order chi connectivity index (χ0) is 11.0. The van der Waals surface area contributed by atoms with Gasteiger partial charge in [-0.15, -0.1) is 0 Å². The predicted molar refractivity (Wildman–Crippen MR) is 53.7 cm³/mol. The molecule has 1 aromatic carbocycles. The zero-order valence-corrected chi connectivity index (χ0v) is 11.4. The maximum atomic E-state index is 11.4. The average molecular weight is 224 g/mol. The molecule has 0 aliphatic carbocycles. The largest absolute Gasteiger partial charge is 1.00 e. The summed E-state index contributed by atoms with van der Waals surface area (Å²) in [5, 5.41) is 11.4. The molecule has 0 unspecified atom stereocenters. The van der Waals surface area contributed by atoms with E-state index in [0.29, 0.717) is 11.0 Å². The van der Waals surface area contributed by atoms with Crippen molar-refractivity contribution in [3.8, 4) is 5.88 Å². The Balaban J connectivity index is 0.00000128. The predicted octanol–water partition coefficient (Wildman–Crippen LogP) is -1.78. The van der Waals surface area contributed by atoms with Crippen LogP contribution < -0.4 is 34.7 Å². The van der Waals surface area contributed by atoms with E-state index in [1.165, 1.54) is 6.92 Å². The fraction of sp³-hybridized carbons (Fsp3) is 0.182. The van der Waals surface area contributed by atoms with Crippen molar-refractivity contribution in [2.75, 3.05) is 0 Å². The van der Waals surface area contributed by atoms with E-state index >= 15 is 0 Å². The van der Waals surface area contributed by atoms with Gasteiger partial charge in [-0.1, -0.05) is 12.1 Å². The normalized spacial score (nSPS) is 9.88. The summed E-state index contributed by atoms with van der Waals surface area (Å²) >= 11 is 0. The van der Waals surface area contributed by atoms with Gasteiger partial charge in [0, 0.05) is 12.8 Å². The summed E-state index contributed by atoms with van der Waals surface area (Å²) in [6, 6.07) is 5.38. The summed E-state index contributed by atoms with van der Waals surface area (Å²) in [6.07, 6.45) is 0. The Kier molecular flexibility index (Phi) is 4.02. The van der Waals surface area contributed by atoms with Gasteiger partial charge in [-0.2, -0.15) is 0 Å². The van der Waals surface area contributed by atoms with E-state index in [9.17, 15) is 9.90 Å². The van der Waals surface area contributed by atoms with Gasteiger partial charge < -0.3 is 5.11 Å². The number of fused-ring (bicyclic) bond motifs is 1. The number of carbonyl (C=O) groups is 1. The van der Waals surface area contributed by atoms with Crippen molar-refractivity contribution >= 4 is 16.8 Å². The van der Waals surface area contributed by atoms with Crippen LogP contribution in [0.25, 0.3) is 11.0 Å². The quantitative estimate of drug-likeness (QED) is 0.424. The maximum absolute atomic E-state index is 11.4. The van der Waals surface area contributed by atoms with Crippen molar-refractivity contribution in [3.05, 3.63) is 29.5 Å². The molecule has 76 valence electrons. The summed E-state index contributed by atoms with van der Waals surface area (Å²) in [5.74, 6) is -0.904. The second kappa shape index (κ2) is 4.91. The van der Waals surface area contributed by atoms with Crippen molar-refractivity contribution in [2.24, 2.45) is 0 Å². The maximum Gasteiger partial charge on any atom is 1.00 e. The first-order valence-electron chi connectivity index (χ1n) is 4.55. The molecule has 1 aromatic heterocycles. The van der Waals surface area contributed by atoms with Gasteiger partial charge >= 0.3 is 29.6 Å². The monoisotopic (exact) mass is 224 g/mol. The minimum absolute atomic E-state index is 0. The SMILES string of the molecule is CC(=O)c1nc2c(C)cccc2nc1[O-].[Na+]. The summed E-state index contributed by atoms with van der Waals surface area (Å²) in [5.41, 5.74) is 1.96. The number of para-hydroxylation sites is 1. The van der Waals surface area contributed by atoms with Crippen LogP contribution in [-0.2, 0) is 0 Å². The van der Waals surface area contributed by atoms with Crippen LogP contribution in [0.4, 0.5) is 0 Å². The number of aromatic nitrogens is 2. The van der Waals surface area contributed by atoms with Crippen LogP contribution in [0.15, 0.2) is 18.2 Å². The van der Waals surface area contributed by atoms with Crippen LogP contribution in [0, 0.1) is 6.92 Å². The minimum atomic E-state index is -0.555. The molecule has 4 nitrogen and oxygen atoms in total. The topological polar surface area (TPSA) is 65.9 Å². The third-order valence-electron chi connectivity index (χ3n) is 2.20. The summed E-state index contributed by atoms with van der Waals surface area (Å²) in [4.78, 5) is 19.0. The van der Waals surface area contributed by atoms with Gasteiger partial charge in [-0.3, -0.25) is 9.78 Å². The number of benzene rings is 1. The van der Waals surface area contributed by atoms with Gasteiger partial charge in [-0.25, -0.2) is 4.98 Å². The van der Waals surface area contributed by atoms with Crippen LogP contribution in [-0.4, -0.2) is 15.8 Å². The molecule has 0 amide bonds. The van der Waals surface area contributed by atoms with Gasteiger partial charge in [0.1, 0.15) is 5.69 Å². The van der Waals surface area contributed by atoms with Gasteiger partial charge in [0.15, 0.2) is 5.78 Å². The Morgan fingerprint density at radius 3 is 2.62 bits per heavy atom. The third kappa shape index (κ3) is 2.24. The molecule has 0 bridgehead atoms. The van der Waals surface area contributed by atoms with Gasteiger partial charge in [-0.05, 0) is 18.6 Å². The fourth-order valence-corrected chi connectivity index (χ4v) is 1.43. The van der Waals surface area contributed by atoms with Crippen LogP contribution in [0.5, 0.6) is 5.88 Å². The zero-order valence-electron chi connectivity index (χ0n) is 9.44. The van der Waals surface area contributed by atoms with E-state index in [-0.39, 0.29) is 41.0 Å². The molecule has 0 atom stereocenters. The van der Waals surface area contributed by atoms with Crippen LogP contribution in [0.3, 0.4) is 0 Å². The first kappa shape index (κ1) is 13.1. The number of Topliss-reactive ketones (excluding diaryl/α,β-unsaturated/α-hetero) is 1. The average Bonchev–Trinajstić information content (AvgIpc) is 2.16. The number of carbonyl (C=O) groups excluding carboxylic acids is 1. The molecule has 0 saturated carbocycles.